The Kier molecular flexibility index (Phi) is 5.24. The summed E-state index contributed by atoms with van der Waals surface area (Å²) in [5.74, 6) is 1.12. The van der Waals surface area contributed by atoms with E-state index in [1.807, 2.05) is 0 Å². The second-order valence-electron chi connectivity index (χ2n) is 5.05. The third kappa shape index (κ3) is 4.13. The number of carbonyl (C=O) groups excluding carboxylic acids is 1. The van der Waals surface area contributed by atoms with E-state index in [1.165, 1.54) is 20.0 Å². The quantitative estimate of drug-likeness (QED) is 0.562. The lowest BCUT2D eigenvalue weighted by molar-refractivity contribution is 0.0938. The van der Waals surface area contributed by atoms with Gasteiger partial charge in [-0.3, -0.25) is 4.79 Å². The van der Waals surface area contributed by atoms with E-state index in [0.29, 0.717) is 30.2 Å². The van der Waals surface area contributed by atoms with Crippen molar-refractivity contribution in [2.24, 2.45) is 5.92 Å². The van der Waals surface area contributed by atoms with Crippen LogP contribution in [0.3, 0.4) is 0 Å². The molecule has 0 saturated heterocycles. The van der Waals surface area contributed by atoms with Crippen LogP contribution in [0.1, 0.15) is 29.6 Å². The summed E-state index contributed by atoms with van der Waals surface area (Å²) in [5.41, 5.74) is 6.70. The molecule has 0 unspecified atom stereocenters. The van der Waals surface area contributed by atoms with Gasteiger partial charge in [0, 0.05) is 19.8 Å². The highest BCUT2D eigenvalue weighted by Crippen LogP contribution is 2.28. The molecule has 1 aromatic carbocycles. The first-order valence-corrected chi connectivity index (χ1v) is 7.00. The van der Waals surface area contributed by atoms with E-state index in [1.54, 1.807) is 18.2 Å². The van der Waals surface area contributed by atoms with E-state index < -0.39 is 0 Å². The minimum absolute atomic E-state index is 0.177. The van der Waals surface area contributed by atoms with Gasteiger partial charge in [-0.2, -0.15) is 0 Å². The standard InChI is InChI=1S/C15H22N2O3/c1-19-13-5-2-4-12(14(13)16)15(18)17-8-3-9-20-10-11-6-7-11/h2,4-5,11H,3,6-10,16H2,1H3,(H,17,18). The maximum atomic E-state index is 12.0. The number of nitrogen functional groups attached to an aromatic ring is 1. The van der Waals surface area contributed by atoms with Crippen LogP contribution in [-0.4, -0.2) is 32.8 Å². The summed E-state index contributed by atoms with van der Waals surface area (Å²) in [6, 6.07) is 5.18. The number of ether oxygens (including phenoxy) is 2. The molecule has 1 fully saturated rings. The minimum Gasteiger partial charge on any atom is -0.495 e. The number of nitrogens with one attached hydrogen (secondary N) is 1. The first-order chi connectivity index (χ1) is 9.72. The molecule has 0 atom stereocenters. The van der Waals surface area contributed by atoms with Crippen molar-refractivity contribution in [1.29, 1.82) is 0 Å². The molecule has 0 bridgehead atoms. The van der Waals surface area contributed by atoms with Gasteiger partial charge in [0.1, 0.15) is 5.75 Å². The molecular formula is C15H22N2O3. The summed E-state index contributed by atoms with van der Waals surface area (Å²) in [5, 5.41) is 2.84. The summed E-state index contributed by atoms with van der Waals surface area (Å²) >= 11 is 0. The van der Waals surface area contributed by atoms with Crippen LogP contribution in [0.2, 0.25) is 0 Å². The summed E-state index contributed by atoms with van der Waals surface area (Å²) in [6.45, 7) is 2.13. The Morgan fingerprint density at radius 3 is 2.95 bits per heavy atom. The fraction of sp³-hybridized carbons (Fsp3) is 0.533. The molecule has 5 nitrogen and oxygen atoms in total. The molecule has 1 saturated carbocycles. The SMILES string of the molecule is COc1cccc(C(=O)NCCCOCC2CC2)c1N. The van der Waals surface area contributed by atoms with Crippen molar-refractivity contribution >= 4 is 11.6 Å². The van der Waals surface area contributed by atoms with Crippen LogP contribution < -0.4 is 15.8 Å². The van der Waals surface area contributed by atoms with Gasteiger partial charge in [0.15, 0.2) is 0 Å². The van der Waals surface area contributed by atoms with Crippen LogP contribution in [0.15, 0.2) is 18.2 Å². The third-order valence-corrected chi connectivity index (χ3v) is 3.33. The van der Waals surface area contributed by atoms with E-state index in [0.717, 1.165) is 18.9 Å². The predicted molar refractivity (Wildman–Crippen MR) is 77.9 cm³/mol. The smallest absolute Gasteiger partial charge is 0.253 e. The molecule has 1 aromatic rings. The van der Waals surface area contributed by atoms with Crippen molar-refractivity contribution < 1.29 is 14.3 Å². The topological polar surface area (TPSA) is 73.6 Å². The summed E-state index contributed by atoms with van der Waals surface area (Å²) in [6.07, 6.45) is 3.40. The maximum Gasteiger partial charge on any atom is 0.253 e. The monoisotopic (exact) mass is 278 g/mol. The van der Waals surface area contributed by atoms with Gasteiger partial charge in [-0.1, -0.05) is 6.07 Å². The van der Waals surface area contributed by atoms with Crippen LogP contribution in [0.5, 0.6) is 5.75 Å². The summed E-state index contributed by atoms with van der Waals surface area (Å²) in [7, 11) is 1.53. The summed E-state index contributed by atoms with van der Waals surface area (Å²) in [4.78, 5) is 12.0. The lowest BCUT2D eigenvalue weighted by Gasteiger charge is -2.10. The molecule has 20 heavy (non-hydrogen) atoms. The molecular weight excluding hydrogens is 256 g/mol. The average Bonchev–Trinajstić information content (AvgIpc) is 3.27. The molecule has 0 aliphatic heterocycles. The zero-order chi connectivity index (χ0) is 14.4. The van der Waals surface area contributed by atoms with Crippen LogP contribution in [0.4, 0.5) is 5.69 Å². The van der Waals surface area contributed by atoms with Gasteiger partial charge in [0.05, 0.1) is 18.4 Å². The number of carbonyl (C=O) groups is 1. The van der Waals surface area contributed by atoms with Crippen molar-refractivity contribution in [3.8, 4) is 5.75 Å². The molecule has 5 heteroatoms. The molecule has 3 N–H and O–H groups in total. The van der Waals surface area contributed by atoms with E-state index in [-0.39, 0.29) is 5.91 Å². The van der Waals surface area contributed by atoms with Crippen molar-refractivity contribution in [3.05, 3.63) is 23.8 Å². The number of rotatable bonds is 8. The zero-order valence-corrected chi connectivity index (χ0v) is 11.9. The Morgan fingerprint density at radius 2 is 2.25 bits per heavy atom. The second-order valence-corrected chi connectivity index (χ2v) is 5.05. The Labute approximate surface area is 119 Å². The number of para-hydroxylation sites is 1. The molecule has 0 spiro atoms. The first kappa shape index (κ1) is 14.7. The third-order valence-electron chi connectivity index (χ3n) is 3.33. The minimum atomic E-state index is -0.177. The van der Waals surface area contributed by atoms with Gasteiger partial charge in [0.25, 0.3) is 5.91 Å². The maximum absolute atomic E-state index is 12.0. The van der Waals surface area contributed by atoms with E-state index >= 15 is 0 Å². The number of methoxy groups -OCH3 is 1. The number of hydrogen-bond donors (Lipinski definition) is 2. The van der Waals surface area contributed by atoms with E-state index in [2.05, 4.69) is 5.32 Å². The predicted octanol–water partition coefficient (Wildman–Crippen LogP) is 1.82. The van der Waals surface area contributed by atoms with E-state index in [9.17, 15) is 4.79 Å². The van der Waals surface area contributed by atoms with Crippen molar-refractivity contribution in [2.75, 3.05) is 32.6 Å². The molecule has 110 valence electrons. The Hall–Kier alpha value is -1.75. The van der Waals surface area contributed by atoms with E-state index in [4.69, 9.17) is 15.2 Å². The van der Waals surface area contributed by atoms with Gasteiger partial charge in [0.2, 0.25) is 0 Å². The Balaban J connectivity index is 1.70. The van der Waals surface area contributed by atoms with Crippen molar-refractivity contribution in [3.63, 3.8) is 0 Å². The number of nitrogens with two attached hydrogens (primary N) is 1. The number of anilines is 1. The Bertz CT molecular complexity index is 458. The van der Waals surface area contributed by atoms with Crippen molar-refractivity contribution in [1.82, 2.24) is 5.32 Å². The van der Waals surface area contributed by atoms with Gasteiger partial charge in [-0.15, -0.1) is 0 Å². The highest BCUT2D eigenvalue weighted by atomic mass is 16.5. The second kappa shape index (κ2) is 7.14. The Morgan fingerprint density at radius 1 is 1.45 bits per heavy atom. The number of benzene rings is 1. The van der Waals surface area contributed by atoms with Crippen LogP contribution >= 0.6 is 0 Å². The molecule has 0 aromatic heterocycles. The lowest BCUT2D eigenvalue weighted by atomic mass is 10.1. The van der Waals surface area contributed by atoms with Gasteiger partial charge in [-0.25, -0.2) is 0 Å². The van der Waals surface area contributed by atoms with Gasteiger partial charge in [-0.05, 0) is 37.3 Å². The average molecular weight is 278 g/mol. The molecule has 1 amide bonds. The molecule has 1 aliphatic rings. The molecule has 2 rings (SSSR count). The van der Waals surface area contributed by atoms with Gasteiger partial charge < -0.3 is 20.5 Å². The highest BCUT2D eigenvalue weighted by molar-refractivity contribution is 6.00. The van der Waals surface area contributed by atoms with Gasteiger partial charge >= 0.3 is 0 Å². The normalized spacial score (nSPS) is 14.1. The fourth-order valence-corrected chi connectivity index (χ4v) is 1.93. The van der Waals surface area contributed by atoms with Crippen LogP contribution in [-0.2, 0) is 4.74 Å². The summed E-state index contributed by atoms with van der Waals surface area (Å²) < 4.78 is 10.6. The van der Waals surface area contributed by atoms with Crippen molar-refractivity contribution in [2.45, 2.75) is 19.3 Å². The lowest BCUT2D eigenvalue weighted by Crippen LogP contribution is -2.26. The largest absolute Gasteiger partial charge is 0.495 e. The molecule has 0 heterocycles. The van der Waals surface area contributed by atoms with Crippen LogP contribution in [0.25, 0.3) is 0 Å². The highest BCUT2D eigenvalue weighted by Gasteiger charge is 2.20. The zero-order valence-electron chi connectivity index (χ0n) is 11.9. The number of amides is 1. The fourth-order valence-electron chi connectivity index (χ4n) is 1.93. The number of hydrogen-bond acceptors (Lipinski definition) is 4. The molecule has 0 radical (unpaired) electrons. The van der Waals surface area contributed by atoms with Crippen LogP contribution in [0, 0.1) is 5.92 Å². The first-order valence-electron chi connectivity index (χ1n) is 7.00. The molecule has 1 aliphatic carbocycles.